The summed E-state index contributed by atoms with van der Waals surface area (Å²) in [6, 6.07) is 1.57. The van der Waals surface area contributed by atoms with Gasteiger partial charge in [0.2, 0.25) is 0 Å². The average Bonchev–Trinajstić information content (AvgIpc) is 2.03. The van der Waals surface area contributed by atoms with E-state index in [9.17, 15) is 0 Å². The molecule has 4 heteroatoms. The average molecular weight is 203 g/mol. The molecule has 1 aromatic heterocycles. The summed E-state index contributed by atoms with van der Waals surface area (Å²) in [5, 5.41) is 0.902. The molecule has 0 saturated carbocycles. The number of nitrogens with zero attached hydrogens (tertiary/aromatic N) is 1. The highest BCUT2D eigenvalue weighted by atomic mass is 35.5. The zero-order chi connectivity index (χ0) is 9.14. The molecule has 64 valence electrons. The van der Waals surface area contributed by atoms with Crippen LogP contribution in [0, 0.1) is 0 Å². The van der Waals surface area contributed by atoms with Crippen LogP contribution >= 0.6 is 23.2 Å². The van der Waals surface area contributed by atoms with Crippen LogP contribution in [0.1, 0.15) is 5.56 Å². The van der Waals surface area contributed by atoms with Crippen LogP contribution in [-0.4, -0.2) is 11.5 Å². The van der Waals surface area contributed by atoms with Gasteiger partial charge in [-0.2, -0.15) is 0 Å². The van der Waals surface area contributed by atoms with Crippen molar-refractivity contribution in [2.75, 3.05) is 6.54 Å². The van der Waals surface area contributed by atoms with Gasteiger partial charge in [0.05, 0.1) is 5.02 Å². The van der Waals surface area contributed by atoms with Crippen LogP contribution in [0.2, 0.25) is 10.2 Å². The fourth-order valence-corrected chi connectivity index (χ4v) is 1.28. The molecule has 2 nitrogen and oxygen atoms in total. The normalized spacial score (nSPS) is 9.92. The number of aromatic nitrogens is 1. The molecular formula is C8H8Cl2N2. The highest BCUT2D eigenvalue weighted by Crippen LogP contribution is 2.23. The number of pyridine rings is 1. The molecule has 0 saturated heterocycles. The largest absolute Gasteiger partial charge is 0.326 e. The molecule has 1 heterocycles. The van der Waals surface area contributed by atoms with Crippen molar-refractivity contribution in [3.05, 3.63) is 34.6 Å². The van der Waals surface area contributed by atoms with Crippen molar-refractivity contribution in [3.8, 4) is 0 Å². The Balaban J connectivity index is 3.09. The lowest BCUT2D eigenvalue weighted by Crippen LogP contribution is -2.01. The van der Waals surface area contributed by atoms with E-state index in [2.05, 4.69) is 11.6 Å². The SMILES string of the molecule is C=C(CN)c1cnc(Cl)cc1Cl. The maximum atomic E-state index is 5.86. The highest BCUT2D eigenvalue weighted by Gasteiger charge is 2.03. The molecule has 1 aromatic rings. The van der Waals surface area contributed by atoms with Crippen LogP contribution in [-0.2, 0) is 0 Å². The Kier molecular flexibility index (Phi) is 3.09. The first kappa shape index (κ1) is 9.52. The van der Waals surface area contributed by atoms with Gasteiger partial charge in [0.15, 0.2) is 0 Å². The first-order valence-electron chi connectivity index (χ1n) is 3.34. The number of rotatable bonds is 2. The Morgan fingerprint density at radius 3 is 2.75 bits per heavy atom. The lowest BCUT2D eigenvalue weighted by molar-refractivity contribution is 1.24. The van der Waals surface area contributed by atoms with E-state index >= 15 is 0 Å². The van der Waals surface area contributed by atoms with Crippen molar-refractivity contribution < 1.29 is 0 Å². The zero-order valence-corrected chi connectivity index (χ0v) is 7.86. The number of nitrogens with two attached hydrogens (primary N) is 1. The van der Waals surface area contributed by atoms with E-state index in [1.165, 1.54) is 0 Å². The summed E-state index contributed by atoms with van der Waals surface area (Å²) >= 11 is 11.5. The van der Waals surface area contributed by atoms with Crippen molar-refractivity contribution in [1.29, 1.82) is 0 Å². The van der Waals surface area contributed by atoms with Gasteiger partial charge in [0.1, 0.15) is 5.15 Å². The highest BCUT2D eigenvalue weighted by molar-refractivity contribution is 6.35. The minimum absolute atomic E-state index is 0.364. The summed E-state index contributed by atoms with van der Waals surface area (Å²) in [6.45, 7) is 4.11. The van der Waals surface area contributed by atoms with Gasteiger partial charge >= 0.3 is 0 Å². The van der Waals surface area contributed by atoms with Crippen LogP contribution in [0.3, 0.4) is 0 Å². The van der Waals surface area contributed by atoms with Crippen LogP contribution in [0.25, 0.3) is 5.57 Å². The predicted octanol–water partition coefficient (Wildman–Crippen LogP) is 2.36. The van der Waals surface area contributed by atoms with Crippen molar-refractivity contribution >= 4 is 28.8 Å². The molecule has 0 aliphatic heterocycles. The third-order valence-electron chi connectivity index (χ3n) is 1.45. The topological polar surface area (TPSA) is 38.9 Å². The second-order valence-electron chi connectivity index (χ2n) is 2.29. The molecule has 1 rings (SSSR count). The maximum absolute atomic E-state index is 5.86. The Labute approximate surface area is 81.0 Å². The van der Waals surface area contributed by atoms with Gasteiger partial charge in [-0.3, -0.25) is 0 Å². The summed E-state index contributed by atoms with van der Waals surface area (Å²) in [5.74, 6) is 0. The molecule has 12 heavy (non-hydrogen) atoms. The minimum Gasteiger partial charge on any atom is -0.326 e. The van der Waals surface area contributed by atoms with Crippen LogP contribution in [0.4, 0.5) is 0 Å². The van der Waals surface area contributed by atoms with E-state index in [0.29, 0.717) is 16.7 Å². The maximum Gasteiger partial charge on any atom is 0.130 e. The zero-order valence-electron chi connectivity index (χ0n) is 6.35. The van der Waals surface area contributed by atoms with E-state index in [0.717, 1.165) is 11.1 Å². The standard InChI is InChI=1S/C8H8Cl2N2/c1-5(3-11)6-4-12-8(10)2-7(6)9/h2,4H,1,3,11H2. The van der Waals surface area contributed by atoms with Gasteiger partial charge in [0.25, 0.3) is 0 Å². The van der Waals surface area contributed by atoms with Gasteiger partial charge in [-0.1, -0.05) is 29.8 Å². The van der Waals surface area contributed by atoms with E-state index in [1.807, 2.05) is 0 Å². The van der Waals surface area contributed by atoms with Gasteiger partial charge in [-0.05, 0) is 11.6 Å². The summed E-state index contributed by atoms with van der Waals surface area (Å²) in [7, 11) is 0. The predicted molar refractivity (Wildman–Crippen MR) is 52.3 cm³/mol. The van der Waals surface area contributed by atoms with E-state index in [-0.39, 0.29) is 0 Å². The van der Waals surface area contributed by atoms with Gasteiger partial charge in [-0.15, -0.1) is 0 Å². The fraction of sp³-hybridized carbons (Fsp3) is 0.125. The molecule has 0 bridgehead atoms. The Bertz CT molecular complexity index is 310. The second-order valence-corrected chi connectivity index (χ2v) is 3.09. The summed E-state index contributed by atoms with van der Waals surface area (Å²) in [6.07, 6.45) is 1.57. The monoisotopic (exact) mass is 202 g/mol. The molecule has 0 aliphatic rings. The first-order valence-corrected chi connectivity index (χ1v) is 4.10. The van der Waals surface area contributed by atoms with Gasteiger partial charge < -0.3 is 5.73 Å². The van der Waals surface area contributed by atoms with Gasteiger partial charge in [0, 0.05) is 18.3 Å². The third kappa shape index (κ3) is 1.97. The van der Waals surface area contributed by atoms with Crippen molar-refractivity contribution in [2.24, 2.45) is 5.73 Å². The molecule has 2 N–H and O–H groups in total. The summed E-state index contributed by atoms with van der Waals surface area (Å²) in [4.78, 5) is 3.87. The van der Waals surface area contributed by atoms with Crippen molar-refractivity contribution in [1.82, 2.24) is 4.98 Å². The Morgan fingerprint density at radius 2 is 2.25 bits per heavy atom. The number of hydrogen-bond acceptors (Lipinski definition) is 2. The molecule has 0 aromatic carbocycles. The van der Waals surface area contributed by atoms with E-state index in [1.54, 1.807) is 12.3 Å². The van der Waals surface area contributed by atoms with Gasteiger partial charge in [-0.25, -0.2) is 4.98 Å². The molecule has 0 fully saturated rings. The lowest BCUT2D eigenvalue weighted by Gasteiger charge is -2.04. The number of halogens is 2. The minimum atomic E-state index is 0.364. The molecule has 0 aliphatic carbocycles. The molecule has 0 unspecified atom stereocenters. The van der Waals surface area contributed by atoms with Crippen LogP contribution in [0.5, 0.6) is 0 Å². The summed E-state index contributed by atoms with van der Waals surface area (Å²) in [5.41, 5.74) is 6.90. The van der Waals surface area contributed by atoms with E-state index < -0.39 is 0 Å². The lowest BCUT2D eigenvalue weighted by atomic mass is 10.1. The van der Waals surface area contributed by atoms with Crippen LogP contribution in [0.15, 0.2) is 18.8 Å². The van der Waals surface area contributed by atoms with Crippen LogP contribution < -0.4 is 5.73 Å². The smallest absolute Gasteiger partial charge is 0.130 e. The quantitative estimate of drug-likeness (QED) is 0.749. The summed E-state index contributed by atoms with van der Waals surface area (Å²) < 4.78 is 0. The van der Waals surface area contributed by atoms with Crippen molar-refractivity contribution in [2.45, 2.75) is 0 Å². The third-order valence-corrected chi connectivity index (χ3v) is 1.97. The fourth-order valence-electron chi connectivity index (χ4n) is 0.778. The van der Waals surface area contributed by atoms with Crippen molar-refractivity contribution in [3.63, 3.8) is 0 Å². The van der Waals surface area contributed by atoms with E-state index in [4.69, 9.17) is 28.9 Å². The molecule has 0 radical (unpaired) electrons. The second kappa shape index (κ2) is 3.90. The first-order chi connectivity index (χ1) is 5.65. The molecule has 0 atom stereocenters. The molecular weight excluding hydrogens is 195 g/mol. The number of hydrogen-bond donors (Lipinski definition) is 1. The Hall–Kier alpha value is -0.570. The molecule has 0 spiro atoms. The molecule has 0 amide bonds. The Morgan fingerprint density at radius 1 is 1.58 bits per heavy atom.